The molecule has 334 valence electrons. The molecule has 0 atom stereocenters. The lowest BCUT2D eigenvalue weighted by molar-refractivity contribution is 0.652. The highest BCUT2D eigenvalue weighted by atomic mass is 15.1. The number of benzene rings is 11. The standard InChI is InChI=1S/C68H52N2/c1-67(2)63-41-51(45-25-27-49-39-57(33-29-47(49)37-45)69(53-17-9-5-10-18-53)54-19-11-6-12-20-54)31-35-59(63)61-44-66-62(43-65(61)67)60-36-32-52(42-64(60)68(66,3)4)46-26-28-50-40-58(34-30-48(50)38-46)70(55-21-13-7-14-22-55)56-23-15-8-16-24-56/h5-44H,1-4H3. The average molecular weight is 897 g/mol. The van der Waals surface area contributed by atoms with E-state index in [1.54, 1.807) is 0 Å². The fourth-order valence-corrected chi connectivity index (χ4v) is 11.6. The summed E-state index contributed by atoms with van der Waals surface area (Å²) in [6.45, 7) is 9.65. The third-order valence-corrected chi connectivity index (χ3v) is 15.4. The summed E-state index contributed by atoms with van der Waals surface area (Å²) in [6.07, 6.45) is 0. The molecule has 0 amide bonds. The molecule has 0 aromatic heterocycles. The van der Waals surface area contributed by atoms with E-state index in [0.29, 0.717) is 0 Å². The highest BCUT2D eigenvalue weighted by molar-refractivity contribution is 5.96. The molecule has 2 heteroatoms. The topological polar surface area (TPSA) is 6.48 Å². The molecule has 0 N–H and O–H groups in total. The van der Waals surface area contributed by atoms with E-state index < -0.39 is 0 Å². The van der Waals surface area contributed by atoms with E-state index in [9.17, 15) is 0 Å². The molecular formula is C68H52N2. The second kappa shape index (κ2) is 16.1. The molecule has 0 saturated carbocycles. The zero-order chi connectivity index (χ0) is 47.1. The van der Waals surface area contributed by atoms with Crippen LogP contribution in [0.5, 0.6) is 0 Å². The summed E-state index contributed by atoms with van der Waals surface area (Å²) in [5, 5.41) is 4.90. The number of hydrogen-bond donors (Lipinski definition) is 0. The second-order valence-corrected chi connectivity index (χ2v) is 20.2. The Morgan fingerprint density at radius 2 is 0.514 bits per heavy atom. The Morgan fingerprint density at radius 3 is 0.871 bits per heavy atom. The Morgan fingerprint density at radius 1 is 0.229 bits per heavy atom. The zero-order valence-electron chi connectivity index (χ0n) is 40.0. The first-order valence-corrected chi connectivity index (χ1v) is 24.6. The summed E-state index contributed by atoms with van der Waals surface area (Å²) >= 11 is 0. The minimum Gasteiger partial charge on any atom is -0.310 e. The van der Waals surface area contributed by atoms with E-state index in [4.69, 9.17) is 0 Å². The van der Waals surface area contributed by atoms with Gasteiger partial charge in [0.15, 0.2) is 0 Å². The van der Waals surface area contributed by atoms with Crippen molar-refractivity contribution in [1.82, 2.24) is 0 Å². The van der Waals surface area contributed by atoms with E-state index in [0.717, 1.165) is 34.1 Å². The van der Waals surface area contributed by atoms with E-state index >= 15 is 0 Å². The van der Waals surface area contributed by atoms with Gasteiger partial charge in [0, 0.05) is 45.0 Å². The lowest BCUT2D eigenvalue weighted by atomic mass is 9.79. The van der Waals surface area contributed by atoms with Gasteiger partial charge in [-0.2, -0.15) is 0 Å². The van der Waals surface area contributed by atoms with Crippen LogP contribution in [0.25, 0.3) is 66.1 Å². The molecule has 0 aliphatic heterocycles. The molecule has 13 rings (SSSR count). The van der Waals surface area contributed by atoms with Crippen LogP contribution in [0, 0.1) is 0 Å². The van der Waals surface area contributed by atoms with Gasteiger partial charge in [0.05, 0.1) is 0 Å². The maximum atomic E-state index is 2.53. The van der Waals surface area contributed by atoms with Gasteiger partial charge in [-0.25, -0.2) is 0 Å². The first-order chi connectivity index (χ1) is 34.2. The molecular weight excluding hydrogens is 845 g/mol. The summed E-state index contributed by atoms with van der Waals surface area (Å²) in [4.78, 5) is 4.66. The average Bonchev–Trinajstić information content (AvgIpc) is 3.77. The lowest BCUT2D eigenvalue weighted by Gasteiger charge is -2.25. The number of fused-ring (bicyclic) bond motifs is 8. The van der Waals surface area contributed by atoms with Crippen molar-refractivity contribution >= 4 is 55.7 Å². The van der Waals surface area contributed by atoms with Crippen molar-refractivity contribution in [2.45, 2.75) is 38.5 Å². The Balaban J connectivity index is 0.798. The van der Waals surface area contributed by atoms with Crippen molar-refractivity contribution in [3.05, 3.63) is 265 Å². The van der Waals surface area contributed by atoms with Crippen LogP contribution >= 0.6 is 0 Å². The molecule has 11 aromatic rings. The van der Waals surface area contributed by atoms with Crippen molar-refractivity contribution in [1.29, 1.82) is 0 Å². The number of rotatable bonds is 8. The first kappa shape index (κ1) is 41.7. The summed E-state index contributed by atoms with van der Waals surface area (Å²) in [5.41, 5.74) is 22.5. The van der Waals surface area contributed by atoms with Crippen molar-refractivity contribution in [3.63, 3.8) is 0 Å². The summed E-state index contributed by atoms with van der Waals surface area (Å²) < 4.78 is 0. The Kier molecular flexibility index (Phi) is 9.58. The van der Waals surface area contributed by atoms with Gasteiger partial charge >= 0.3 is 0 Å². The van der Waals surface area contributed by atoms with E-state index in [1.165, 1.54) is 88.3 Å². The predicted octanol–water partition coefficient (Wildman–Crippen LogP) is 18.9. The zero-order valence-corrected chi connectivity index (χ0v) is 40.0. The van der Waals surface area contributed by atoms with Crippen LogP contribution in [0.2, 0.25) is 0 Å². The molecule has 11 aromatic carbocycles. The molecule has 2 aliphatic carbocycles. The van der Waals surface area contributed by atoms with Crippen LogP contribution < -0.4 is 9.80 Å². The Labute approximate surface area is 411 Å². The molecule has 0 radical (unpaired) electrons. The molecule has 0 fully saturated rings. The molecule has 0 saturated heterocycles. The molecule has 2 aliphatic rings. The molecule has 0 bridgehead atoms. The normalized spacial score (nSPS) is 13.7. The number of nitrogens with zero attached hydrogens (tertiary/aromatic N) is 2. The molecule has 0 heterocycles. The molecule has 2 nitrogen and oxygen atoms in total. The van der Waals surface area contributed by atoms with Gasteiger partial charge in [0.25, 0.3) is 0 Å². The van der Waals surface area contributed by atoms with E-state index in [-0.39, 0.29) is 10.8 Å². The van der Waals surface area contributed by atoms with Gasteiger partial charge in [-0.1, -0.05) is 161 Å². The summed E-state index contributed by atoms with van der Waals surface area (Å²) in [5.74, 6) is 0. The third kappa shape index (κ3) is 6.78. The van der Waals surface area contributed by atoms with Gasteiger partial charge in [-0.15, -0.1) is 0 Å². The van der Waals surface area contributed by atoms with Crippen LogP contribution in [0.15, 0.2) is 243 Å². The largest absolute Gasteiger partial charge is 0.310 e. The Bertz CT molecular complexity index is 3480. The maximum absolute atomic E-state index is 2.53. The van der Waals surface area contributed by atoms with Crippen LogP contribution in [-0.4, -0.2) is 0 Å². The second-order valence-electron chi connectivity index (χ2n) is 20.2. The van der Waals surface area contributed by atoms with Gasteiger partial charge in [0.2, 0.25) is 0 Å². The fourth-order valence-electron chi connectivity index (χ4n) is 11.6. The first-order valence-electron chi connectivity index (χ1n) is 24.6. The van der Waals surface area contributed by atoms with Crippen molar-refractivity contribution in [2.75, 3.05) is 9.80 Å². The third-order valence-electron chi connectivity index (χ3n) is 15.4. The Hall–Kier alpha value is -8.46. The SMILES string of the molecule is CC1(C)c2cc(-c3ccc4cc(N(c5ccccc5)c5ccccc5)ccc4c3)ccc2-c2cc3c(cc21)-c1ccc(-c2ccc4cc(N(c5ccccc5)c5ccccc5)ccc4c2)cc1C3(C)C. The number of hydrogen-bond acceptors (Lipinski definition) is 2. The summed E-state index contributed by atoms with van der Waals surface area (Å²) in [6, 6.07) is 89.4. The lowest BCUT2D eigenvalue weighted by Crippen LogP contribution is -2.17. The maximum Gasteiger partial charge on any atom is 0.0468 e. The van der Waals surface area contributed by atoms with Crippen molar-refractivity contribution in [2.24, 2.45) is 0 Å². The fraction of sp³-hybridized carbons (Fsp3) is 0.0882. The van der Waals surface area contributed by atoms with Gasteiger partial charge in [-0.05, 0) is 198 Å². The smallest absolute Gasteiger partial charge is 0.0468 e. The monoisotopic (exact) mass is 896 g/mol. The van der Waals surface area contributed by atoms with Gasteiger partial charge < -0.3 is 9.80 Å². The van der Waals surface area contributed by atoms with E-state index in [1.807, 2.05) is 0 Å². The van der Waals surface area contributed by atoms with Gasteiger partial charge in [0.1, 0.15) is 0 Å². The molecule has 0 unspecified atom stereocenters. The van der Waals surface area contributed by atoms with Crippen molar-refractivity contribution < 1.29 is 0 Å². The van der Waals surface area contributed by atoms with Crippen molar-refractivity contribution in [3.8, 4) is 44.5 Å². The molecule has 0 spiro atoms. The minimum absolute atomic E-state index is 0.156. The van der Waals surface area contributed by atoms with Crippen LogP contribution in [-0.2, 0) is 10.8 Å². The predicted molar refractivity (Wildman–Crippen MR) is 297 cm³/mol. The highest BCUT2D eigenvalue weighted by Gasteiger charge is 2.42. The van der Waals surface area contributed by atoms with E-state index in [2.05, 4.69) is 280 Å². The highest BCUT2D eigenvalue weighted by Crippen LogP contribution is 2.57. The van der Waals surface area contributed by atoms with Crippen LogP contribution in [0.4, 0.5) is 34.1 Å². The van der Waals surface area contributed by atoms with Crippen LogP contribution in [0.3, 0.4) is 0 Å². The summed E-state index contributed by atoms with van der Waals surface area (Å²) in [7, 11) is 0. The van der Waals surface area contributed by atoms with Crippen LogP contribution in [0.1, 0.15) is 49.9 Å². The quantitative estimate of drug-likeness (QED) is 0.150. The molecule has 70 heavy (non-hydrogen) atoms. The number of para-hydroxylation sites is 4. The van der Waals surface area contributed by atoms with Gasteiger partial charge in [-0.3, -0.25) is 0 Å². The number of anilines is 6. The minimum atomic E-state index is -0.156.